The fourth-order valence-electron chi connectivity index (χ4n) is 1.31. The largest absolute Gasteiger partial charge is 0.384 e. The van der Waals surface area contributed by atoms with E-state index >= 15 is 0 Å². The van der Waals surface area contributed by atoms with Gasteiger partial charge in [0.2, 0.25) is 0 Å². The van der Waals surface area contributed by atoms with Crippen molar-refractivity contribution in [3.05, 3.63) is 23.4 Å². The summed E-state index contributed by atoms with van der Waals surface area (Å²) in [7, 11) is 0. The van der Waals surface area contributed by atoms with Gasteiger partial charge >= 0.3 is 0 Å². The number of thioether (sulfide) groups is 1. The first-order chi connectivity index (χ1) is 5.59. The van der Waals surface area contributed by atoms with Crippen LogP contribution in [-0.2, 0) is 10.7 Å². The summed E-state index contributed by atoms with van der Waals surface area (Å²) >= 11 is 1.47. The minimum atomic E-state index is -0.856. The summed E-state index contributed by atoms with van der Waals surface area (Å²) in [5, 5.41) is 9.82. The van der Waals surface area contributed by atoms with E-state index in [-0.39, 0.29) is 0 Å². The number of anilines is 1. The molecule has 1 atom stereocenters. The lowest BCUT2D eigenvalue weighted by molar-refractivity contribution is 0.157. The standard InChI is InChI=1S/C8H10N2OS/c1-8(11)7-5(4-12-8)2-3-6(9)10-7/h2-3,11H,4H2,1H3,(H2,9,10). The number of aromatic nitrogens is 1. The molecule has 3 N–H and O–H groups in total. The summed E-state index contributed by atoms with van der Waals surface area (Å²) in [6.45, 7) is 1.75. The second kappa shape index (κ2) is 2.37. The van der Waals surface area contributed by atoms with Gasteiger partial charge in [-0.25, -0.2) is 4.98 Å². The van der Waals surface area contributed by atoms with Crippen LogP contribution in [0.3, 0.4) is 0 Å². The third-order valence-corrected chi connectivity index (χ3v) is 3.16. The van der Waals surface area contributed by atoms with Crippen LogP contribution < -0.4 is 5.73 Å². The number of nitrogens with two attached hydrogens (primary N) is 1. The lowest BCUT2D eigenvalue weighted by Crippen LogP contribution is -2.14. The van der Waals surface area contributed by atoms with Gasteiger partial charge in [-0.2, -0.15) is 0 Å². The van der Waals surface area contributed by atoms with Crippen LogP contribution in [0.15, 0.2) is 12.1 Å². The zero-order valence-electron chi connectivity index (χ0n) is 6.74. The number of hydrogen-bond acceptors (Lipinski definition) is 4. The topological polar surface area (TPSA) is 59.1 Å². The average molecular weight is 182 g/mol. The molecule has 0 amide bonds. The van der Waals surface area contributed by atoms with Crippen molar-refractivity contribution >= 4 is 17.6 Å². The molecule has 2 heterocycles. The zero-order valence-corrected chi connectivity index (χ0v) is 7.56. The quantitative estimate of drug-likeness (QED) is 0.630. The number of nitrogens with zero attached hydrogens (tertiary/aromatic N) is 1. The number of aliphatic hydroxyl groups is 1. The summed E-state index contributed by atoms with van der Waals surface area (Å²) in [5.74, 6) is 1.28. The minimum Gasteiger partial charge on any atom is -0.384 e. The van der Waals surface area contributed by atoms with Crippen molar-refractivity contribution in [3.8, 4) is 0 Å². The number of nitrogen functional groups attached to an aromatic ring is 1. The Morgan fingerprint density at radius 1 is 1.67 bits per heavy atom. The van der Waals surface area contributed by atoms with Crippen LogP contribution in [0.4, 0.5) is 5.82 Å². The van der Waals surface area contributed by atoms with E-state index in [0.29, 0.717) is 11.5 Å². The lowest BCUT2D eigenvalue weighted by atomic mass is 10.1. The van der Waals surface area contributed by atoms with Crippen molar-refractivity contribution in [3.63, 3.8) is 0 Å². The fraction of sp³-hybridized carbons (Fsp3) is 0.375. The molecule has 0 aromatic carbocycles. The minimum absolute atomic E-state index is 0.469. The Morgan fingerprint density at radius 2 is 2.42 bits per heavy atom. The Morgan fingerprint density at radius 3 is 3.17 bits per heavy atom. The molecule has 1 aromatic rings. The monoisotopic (exact) mass is 182 g/mol. The summed E-state index contributed by atoms with van der Waals surface area (Å²) in [4.78, 5) is 3.26. The first kappa shape index (κ1) is 7.89. The van der Waals surface area contributed by atoms with Gasteiger partial charge in [-0.3, -0.25) is 0 Å². The van der Waals surface area contributed by atoms with Crippen molar-refractivity contribution in [2.24, 2.45) is 0 Å². The van der Waals surface area contributed by atoms with Crippen LogP contribution >= 0.6 is 11.8 Å². The number of rotatable bonds is 0. The third kappa shape index (κ3) is 1.07. The predicted octanol–water partition coefficient (Wildman–Crippen LogP) is 1.08. The van der Waals surface area contributed by atoms with Gasteiger partial charge in [-0.15, -0.1) is 11.8 Å². The molecule has 0 saturated carbocycles. The van der Waals surface area contributed by atoms with Crippen LogP contribution in [-0.4, -0.2) is 10.1 Å². The Bertz CT molecular complexity index is 325. The van der Waals surface area contributed by atoms with Gasteiger partial charge in [-0.1, -0.05) is 6.07 Å². The van der Waals surface area contributed by atoms with Crippen molar-refractivity contribution in [2.75, 3.05) is 5.73 Å². The summed E-state index contributed by atoms with van der Waals surface area (Å²) in [5.41, 5.74) is 7.32. The van der Waals surface area contributed by atoms with Crippen LogP contribution in [0.5, 0.6) is 0 Å². The second-order valence-electron chi connectivity index (χ2n) is 3.02. The van der Waals surface area contributed by atoms with E-state index < -0.39 is 4.93 Å². The zero-order chi connectivity index (χ0) is 8.77. The van der Waals surface area contributed by atoms with E-state index in [9.17, 15) is 5.11 Å². The molecule has 0 bridgehead atoms. The summed E-state index contributed by atoms with van der Waals surface area (Å²) < 4.78 is 0. The van der Waals surface area contributed by atoms with Gasteiger partial charge in [-0.05, 0) is 18.6 Å². The molecular formula is C8H10N2OS. The van der Waals surface area contributed by atoms with Crippen LogP contribution in [0.1, 0.15) is 18.2 Å². The molecule has 64 valence electrons. The number of fused-ring (bicyclic) bond motifs is 1. The molecule has 4 heteroatoms. The fourth-order valence-corrected chi connectivity index (χ4v) is 2.29. The van der Waals surface area contributed by atoms with E-state index in [4.69, 9.17) is 5.73 Å². The third-order valence-electron chi connectivity index (χ3n) is 1.95. The SMILES string of the molecule is CC1(O)SCc2ccc(N)nc21. The smallest absolute Gasteiger partial charge is 0.150 e. The normalized spacial score (nSPS) is 27.2. The second-order valence-corrected chi connectivity index (χ2v) is 4.39. The average Bonchev–Trinajstić information content (AvgIpc) is 2.28. The van der Waals surface area contributed by atoms with Gasteiger partial charge in [0.15, 0.2) is 4.93 Å². The molecule has 1 aromatic heterocycles. The first-order valence-corrected chi connectivity index (χ1v) is 4.70. The molecule has 1 aliphatic heterocycles. The summed E-state index contributed by atoms with van der Waals surface area (Å²) in [6.07, 6.45) is 0. The van der Waals surface area contributed by atoms with Gasteiger partial charge in [0.1, 0.15) is 5.82 Å². The van der Waals surface area contributed by atoms with Crippen molar-refractivity contribution < 1.29 is 5.11 Å². The van der Waals surface area contributed by atoms with Gasteiger partial charge in [0.05, 0.1) is 5.69 Å². The Labute approximate surface area is 75.0 Å². The van der Waals surface area contributed by atoms with Gasteiger partial charge in [0, 0.05) is 5.75 Å². The maximum Gasteiger partial charge on any atom is 0.150 e. The van der Waals surface area contributed by atoms with Crippen LogP contribution in [0.25, 0.3) is 0 Å². The Balaban J connectivity index is 2.57. The predicted molar refractivity (Wildman–Crippen MR) is 49.5 cm³/mol. The molecule has 0 fully saturated rings. The van der Waals surface area contributed by atoms with E-state index in [0.717, 1.165) is 11.3 Å². The highest BCUT2D eigenvalue weighted by Crippen LogP contribution is 2.43. The maximum absolute atomic E-state index is 9.82. The van der Waals surface area contributed by atoms with Crippen molar-refractivity contribution in [2.45, 2.75) is 17.6 Å². The Hall–Kier alpha value is -0.740. The highest BCUT2D eigenvalue weighted by Gasteiger charge is 2.34. The summed E-state index contributed by atoms with van der Waals surface area (Å²) in [6, 6.07) is 3.69. The first-order valence-electron chi connectivity index (χ1n) is 3.72. The molecule has 12 heavy (non-hydrogen) atoms. The molecular weight excluding hydrogens is 172 g/mol. The van der Waals surface area contributed by atoms with Crippen LogP contribution in [0, 0.1) is 0 Å². The molecule has 0 spiro atoms. The highest BCUT2D eigenvalue weighted by atomic mass is 32.2. The molecule has 1 aliphatic rings. The Kier molecular flexibility index (Phi) is 1.56. The number of pyridine rings is 1. The highest BCUT2D eigenvalue weighted by molar-refractivity contribution is 7.99. The van der Waals surface area contributed by atoms with Crippen LogP contribution in [0.2, 0.25) is 0 Å². The molecule has 0 aliphatic carbocycles. The van der Waals surface area contributed by atoms with E-state index in [1.54, 1.807) is 13.0 Å². The van der Waals surface area contributed by atoms with E-state index in [1.807, 2.05) is 6.07 Å². The molecule has 2 rings (SSSR count). The molecule has 3 nitrogen and oxygen atoms in total. The van der Waals surface area contributed by atoms with E-state index in [2.05, 4.69) is 4.98 Å². The van der Waals surface area contributed by atoms with Gasteiger partial charge < -0.3 is 10.8 Å². The molecule has 1 unspecified atom stereocenters. The van der Waals surface area contributed by atoms with E-state index in [1.165, 1.54) is 11.8 Å². The van der Waals surface area contributed by atoms with Crippen molar-refractivity contribution in [1.82, 2.24) is 4.98 Å². The molecule has 0 saturated heterocycles. The lowest BCUT2D eigenvalue weighted by Gasteiger charge is -2.14. The maximum atomic E-state index is 9.82. The molecule has 0 radical (unpaired) electrons. The number of hydrogen-bond donors (Lipinski definition) is 2. The van der Waals surface area contributed by atoms with Crippen molar-refractivity contribution in [1.29, 1.82) is 0 Å². The van der Waals surface area contributed by atoms with Gasteiger partial charge in [0.25, 0.3) is 0 Å².